The minimum atomic E-state index is 0.673. The van der Waals surface area contributed by atoms with Gasteiger partial charge in [0.05, 0.1) is 7.11 Å². The van der Waals surface area contributed by atoms with Gasteiger partial charge in [-0.1, -0.05) is 30.7 Å². The summed E-state index contributed by atoms with van der Waals surface area (Å²) in [7, 11) is 1.70. The van der Waals surface area contributed by atoms with Crippen molar-refractivity contribution in [2.75, 3.05) is 7.11 Å². The molecule has 0 amide bonds. The summed E-state index contributed by atoms with van der Waals surface area (Å²) in [5, 5.41) is 0. The molecular formula is C15H22O. The normalized spacial score (nSPS) is 13.6. The molecule has 0 heterocycles. The summed E-state index contributed by atoms with van der Waals surface area (Å²) < 4.78 is 5.14. The maximum atomic E-state index is 5.14. The van der Waals surface area contributed by atoms with Gasteiger partial charge in [0.25, 0.3) is 0 Å². The van der Waals surface area contributed by atoms with Gasteiger partial charge in [0.1, 0.15) is 5.75 Å². The van der Waals surface area contributed by atoms with Crippen LogP contribution >= 0.6 is 0 Å². The maximum Gasteiger partial charge on any atom is 0.118 e. The van der Waals surface area contributed by atoms with Crippen molar-refractivity contribution in [2.24, 2.45) is 5.92 Å². The minimum absolute atomic E-state index is 0.673. The molecule has 0 aromatic heterocycles. The maximum absolute atomic E-state index is 5.14. The van der Waals surface area contributed by atoms with Crippen molar-refractivity contribution in [3.8, 4) is 5.75 Å². The molecule has 0 saturated carbocycles. The van der Waals surface area contributed by atoms with Crippen LogP contribution in [-0.2, 0) is 6.42 Å². The van der Waals surface area contributed by atoms with Gasteiger partial charge < -0.3 is 4.74 Å². The van der Waals surface area contributed by atoms with Gasteiger partial charge in [0.15, 0.2) is 0 Å². The zero-order valence-electron chi connectivity index (χ0n) is 10.8. The molecule has 0 N–H and O–H groups in total. The fraction of sp³-hybridized carbons (Fsp3) is 0.467. The highest BCUT2D eigenvalue weighted by atomic mass is 16.5. The fourth-order valence-corrected chi connectivity index (χ4v) is 1.69. The summed E-state index contributed by atoms with van der Waals surface area (Å²) in [5.74, 6) is 1.61. The molecule has 0 bridgehead atoms. The van der Waals surface area contributed by atoms with Crippen LogP contribution in [-0.4, -0.2) is 7.11 Å². The van der Waals surface area contributed by atoms with Crippen molar-refractivity contribution in [1.29, 1.82) is 0 Å². The van der Waals surface area contributed by atoms with Crippen LogP contribution in [0.5, 0.6) is 5.75 Å². The van der Waals surface area contributed by atoms with E-state index < -0.39 is 0 Å². The average Bonchev–Trinajstić information content (AvgIpc) is 2.35. The first-order valence-corrected chi connectivity index (χ1v) is 5.93. The first-order chi connectivity index (χ1) is 7.67. The first kappa shape index (κ1) is 12.8. The number of hydrogen-bond donors (Lipinski definition) is 0. The molecule has 0 aliphatic rings. The van der Waals surface area contributed by atoms with Crippen LogP contribution < -0.4 is 4.74 Å². The molecule has 16 heavy (non-hydrogen) atoms. The van der Waals surface area contributed by atoms with E-state index in [2.05, 4.69) is 39.0 Å². The van der Waals surface area contributed by atoms with E-state index in [-0.39, 0.29) is 0 Å². The van der Waals surface area contributed by atoms with Gasteiger partial charge in [-0.05, 0) is 50.3 Å². The van der Waals surface area contributed by atoms with Gasteiger partial charge in [-0.25, -0.2) is 0 Å². The molecular weight excluding hydrogens is 196 g/mol. The molecule has 0 aliphatic heterocycles. The Morgan fingerprint density at radius 1 is 1.31 bits per heavy atom. The van der Waals surface area contributed by atoms with Crippen molar-refractivity contribution in [3.63, 3.8) is 0 Å². The van der Waals surface area contributed by atoms with Crippen LogP contribution in [0.4, 0.5) is 0 Å². The molecule has 0 aliphatic carbocycles. The standard InChI is InChI=1S/C15H22O/c1-5-12(2)13(3)6-7-14-8-10-15(16-4)11-9-14/h5,8-11,13H,6-7H2,1-4H3/b12-5-/t13-/m1/s1. The van der Waals surface area contributed by atoms with Crippen molar-refractivity contribution in [1.82, 2.24) is 0 Å². The summed E-state index contributed by atoms with van der Waals surface area (Å²) in [5.41, 5.74) is 2.87. The van der Waals surface area contributed by atoms with E-state index in [4.69, 9.17) is 4.74 Å². The topological polar surface area (TPSA) is 9.23 Å². The van der Waals surface area contributed by atoms with E-state index in [1.54, 1.807) is 7.11 Å². The van der Waals surface area contributed by atoms with Crippen LogP contribution in [0.25, 0.3) is 0 Å². The van der Waals surface area contributed by atoms with Gasteiger partial charge in [-0.15, -0.1) is 0 Å². The summed E-state index contributed by atoms with van der Waals surface area (Å²) in [6.07, 6.45) is 4.55. The molecule has 1 nitrogen and oxygen atoms in total. The van der Waals surface area contributed by atoms with Gasteiger partial charge >= 0.3 is 0 Å². The van der Waals surface area contributed by atoms with Crippen LogP contribution in [0.15, 0.2) is 35.9 Å². The predicted molar refractivity (Wildman–Crippen MR) is 69.9 cm³/mol. The highest BCUT2D eigenvalue weighted by Crippen LogP contribution is 2.18. The lowest BCUT2D eigenvalue weighted by Gasteiger charge is -2.11. The lowest BCUT2D eigenvalue weighted by molar-refractivity contribution is 0.414. The second-order valence-corrected chi connectivity index (χ2v) is 4.32. The van der Waals surface area contributed by atoms with Gasteiger partial charge in [-0.3, -0.25) is 0 Å². The Balaban J connectivity index is 2.48. The second kappa shape index (κ2) is 6.37. The minimum Gasteiger partial charge on any atom is -0.497 e. The lowest BCUT2D eigenvalue weighted by Crippen LogP contribution is -1.98. The second-order valence-electron chi connectivity index (χ2n) is 4.32. The Labute approximate surface area is 99.1 Å². The lowest BCUT2D eigenvalue weighted by atomic mass is 9.95. The van der Waals surface area contributed by atoms with Crippen LogP contribution in [0.1, 0.15) is 32.8 Å². The van der Waals surface area contributed by atoms with E-state index in [9.17, 15) is 0 Å². The zero-order valence-corrected chi connectivity index (χ0v) is 10.8. The molecule has 0 radical (unpaired) electrons. The third-order valence-corrected chi connectivity index (χ3v) is 3.26. The number of benzene rings is 1. The van der Waals surface area contributed by atoms with Crippen molar-refractivity contribution in [2.45, 2.75) is 33.6 Å². The fourth-order valence-electron chi connectivity index (χ4n) is 1.69. The molecule has 1 aromatic carbocycles. The molecule has 88 valence electrons. The third kappa shape index (κ3) is 3.73. The summed E-state index contributed by atoms with van der Waals surface area (Å²) in [6, 6.07) is 8.36. The largest absolute Gasteiger partial charge is 0.497 e. The molecule has 1 atom stereocenters. The smallest absolute Gasteiger partial charge is 0.118 e. The third-order valence-electron chi connectivity index (χ3n) is 3.26. The summed E-state index contributed by atoms with van der Waals surface area (Å²) in [4.78, 5) is 0. The van der Waals surface area contributed by atoms with Gasteiger partial charge in [-0.2, -0.15) is 0 Å². The summed E-state index contributed by atoms with van der Waals surface area (Å²) in [6.45, 7) is 6.61. The Bertz CT molecular complexity index is 335. The monoisotopic (exact) mass is 218 g/mol. The summed E-state index contributed by atoms with van der Waals surface area (Å²) >= 11 is 0. The molecule has 0 saturated heterocycles. The molecule has 0 spiro atoms. The molecule has 0 fully saturated rings. The van der Waals surface area contributed by atoms with E-state index in [1.165, 1.54) is 17.6 Å². The number of rotatable bonds is 5. The molecule has 1 heteroatoms. The van der Waals surface area contributed by atoms with E-state index in [0.29, 0.717) is 5.92 Å². The van der Waals surface area contributed by atoms with Crippen LogP contribution in [0.2, 0.25) is 0 Å². The van der Waals surface area contributed by atoms with Crippen molar-refractivity contribution >= 4 is 0 Å². The van der Waals surface area contributed by atoms with Crippen LogP contribution in [0.3, 0.4) is 0 Å². The Morgan fingerprint density at radius 2 is 1.94 bits per heavy atom. The molecule has 1 rings (SSSR count). The number of aryl methyl sites for hydroxylation is 1. The van der Waals surface area contributed by atoms with E-state index >= 15 is 0 Å². The van der Waals surface area contributed by atoms with Crippen molar-refractivity contribution in [3.05, 3.63) is 41.5 Å². The predicted octanol–water partition coefficient (Wildman–Crippen LogP) is 4.23. The Kier molecular flexibility index (Phi) is 5.10. The van der Waals surface area contributed by atoms with Crippen LogP contribution in [0, 0.1) is 5.92 Å². The number of allylic oxidation sites excluding steroid dienone is 2. The number of hydrogen-bond acceptors (Lipinski definition) is 1. The first-order valence-electron chi connectivity index (χ1n) is 5.93. The van der Waals surface area contributed by atoms with Crippen molar-refractivity contribution < 1.29 is 4.74 Å². The quantitative estimate of drug-likeness (QED) is 0.672. The zero-order chi connectivity index (χ0) is 12.0. The van der Waals surface area contributed by atoms with Gasteiger partial charge in [0, 0.05) is 0 Å². The van der Waals surface area contributed by atoms with E-state index in [1.807, 2.05) is 12.1 Å². The van der Waals surface area contributed by atoms with E-state index in [0.717, 1.165) is 12.2 Å². The average molecular weight is 218 g/mol. The molecule has 1 aromatic rings. The number of methoxy groups -OCH3 is 1. The number of ether oxygens (including phenoxy) is 1. The highest BCUT2D eigenvalue weighted by molar-refractivity contribution is 5.27. The molecule has 0 unspecified atom stereocenters. The SMILES string of the molecule is C/C=C(/C)[C@H](C)CCc1ccc(OC)cc1. The highest BCUT2D eigenvalue weighted by Gasteiger charge is 2.04. The van der Waals surface area contributed by atoms with Gasteiger partial charge in [0.2, 0.25) is 0 Å². The Morgan fingerprint density at radius 3 is 2.44 bits per heavy atom. The Hall–Kier alpha value is -1.24.